The number of ether oxygens (including phenoxy) is 2. The minimum atomic E-state index is -4.28. The van der Waals surface area contributed by atoms with Crippen molar-refractivity contribution in [3.63, 3.8) is 0 Å². The van der Waals surface area contributed by atoms with Gasteiger partial charge in [-0.05, 0) is 77.0 Å². The maximum Gasteiger partial charge on any atom is 0.472 e. The maximum atomic E-state index is 12.6. The van der Waals surface area contributed by atoms with E-state index in [4.69, 9.17) is 24.3 Å². The third-order valence-electron chi connectivity index (χ3n) is 10.4. The number of nitrogens with two attached hydrogens (primary N) is 1. The van der Waals surface area contributed by atoms with Crippen LogP contribution in [0.3, 0.4) is 0 Å². The number of carbonyl (C=O) groups is 1. The summed E-state index contributed by atoms with van der Waals surface area (Å²) < 4.78 is 33.5. The van der Waals surface area contributed by atoms with Crippen LogP contribution in [-0.2, 0) is 27.9 Å². The van der Waals surface area contributed by atoms with Crippen molar-refractivity contribution in [3.8, 4) is 0 Å². The third-order valence-corrected chi connectivity index (χ3v) is 11.4. The number of phosphoric ester groups is 1. The molecular formula is C51H94NO7P. The molecule has 2 unspecified atom stereocenters. The fourth-order valence-electron chi connectivity index (χ4n) is 6.81. The predicted octanol–water partition coefficient (Wildman–Crippen LogP) is 15.3. The number of carbonyl (C=O) groups excluding carboxylic acids is 1. The normalized spacial score (nSPS) is 13.9. The molecule has 0 radical (unpaired) electrons. The summed E-state index contributed by atoms with van der Waals surface area (Å²) in [7, 11) is -4.28. The lowest BCUT2D eigenvalue weighted by molar-refractivity contribution is -0.154. The zero-order chi connectivity index (χ0) is 43.7. The van der Waals surface area contributed by atoms with Gasteiger partial charge in [0.25, 0.3) is 0 Å². The third kappa shape index (κ3) is 47.3. The Hall–Kier alpha value is -1.80. The number of hydrogen-bond acceptors (Lipinski definition) is 7. The molecule has 0 saturated heterocycles. The molecule has 0 aliphatic heterocycles. The second-order valence-electron chi connectivity index (χ2n) is 16.3. The molecule has 9 heteroatoms. The Bertz CT molecular complexity index is 1110. The van der Waals surface area contributed by atoms with E-state index in [9.17, 15) is 14.3 Å². The minimum absolute atomic E-state index is 0.0976. The highest BCUT2D eigenvalue weighted by atomic mass is 31.2. The molecule has 350 valence electrons. The van der Waals surface area contributed by atoms with Crippen molar-refractivity contribution in [1.29, 1.82) is 0 Å². The molecule has 0 aromatic rings. The summed E-state index contributed by atoms with van der Waals surface area (Å²) in [6.07, 6.45) is 59.6. The van der Waals surface area contributed by atoms with Gasteiger partial charge in [-0.3, -0.25) is 13.8 Å². The lowest BCUT2D eigenvalue weighted by Crippen LogP contribution is -2.28. The van der Waals surface area contributed by atoms with Crippen LogP contribution in [-0.4, -0.2) is 49.9 Å². The van der Waals surface area contributed by atoms with Gasteiger partial charge in [-0.1, -0.05) is 197 Å². The second kappa shape index (κ2) is 48.2. The van der Waals surface area contributed by atoms with Crippen molar-refractivity contribution in [3.05, 3.63) is 60.8 Å². The van der Waals surface area contributed by atoms with E-state index in [2.05, 4.69) is 74.6 Å². The van der Waals surface area contributed by atoms with Gasteiger partial charge >= 0.3 is 13.8 Å². The molecule has 0 saturated carbocycles. The van der Waals surface area contributed by atoms with Crippen molar-refractivity contribution in [1.82, 2.24) is 0 Å². The molecule has 0 heterocycles. The van der Waals surface area contributed by atoms with Crippen LogP contribution in [0.15, 0.2) is 60.8 Å². The molecule has 3 N–H and O–H groups in total. The van der Waals surface area contributed by atoms with E-state index in [0.717, 1.165) is 57.8 Å². The first-order valence-electron chi connectivity index (χ1n) is 24.8. The number of hydrogen-bond donors (Lipinski definition) is 2. The Morgan fingerprint density at radius 3 is 1.42 bits per heavy atom. The first kappa shape index (κ1) is 58.2. The van der Waals surface area contributed by atoms with Gasteiger partial charge in [0.15, 0.2) is 0 Å². The summed E-state index contributed by atoms with van der Waals surface area (Å²) in [5.74, 6) is -0.335. The number of allylic oxidation sites excluding steroid dienone is 10. The van der Waals surface area contributed by atoms with Crippen molar-refractivity contribution in [2.45, 2.75) is 225 Å². The molecule has 0 fully saturated rings. The van der Waals surface area contributed by atoms with E-state index in [1.807, 2.05) is 0 Å². The number of unbranched alkanes of at least 4 members (excludes halogenated alkanes) is 24. The maximum absolute atomic E-state index is 12.6. The quantitative estimate of drug-likeness (QED) is 0.0269. The SMILES string of the molecule is CC/C=C\C/C=C\C/C=C\C/C=C\CCCCCCCCCCCCCCC(=O)OC(COCCCCCCCC/C=C\CCCCCCCC)COP(=O)(O)OCCN. The summed E-state index contributed by atoms with van der Waals surface area (Å²) in [5, 5.41) is 0. The number of esters is 1. The molecule has 0 rings (SSSR count). The van der Waals surface area contributed by atoms with Crippen LogP contribution in [0, 0.1) is 0 Å². The molecule has 0 bridgehead atoms. The largest absolute Gasteiger partial charge is 0.472 e. The Kier molecular flexibility index (Phi) is 46.8. The van der Waals surface area contributed by atoms with E-state index >= 15 is 0 Å². The van der Waals surface area contributed by atoms with Gasteiger partial charge in [0.05, 0.1) is 19.8 Å². The molecule has 0 aromatic heterocycles. The molecule has 0 amide bonds. The fraction of sp³-hybridized carbons (Fsp3) is 0.784. The fourth-order valence-corrected chi connectivity index (χ4v) is 7.57. The smallest absolute Gasteiger partial charge is 0.457 e. The molecule has 60 heavy (non-hydrogen) atoms. The van der Waals surface area contributed by atoms with Gasteiger partial charge in [-0.15, -0.1) is 0 Å². The van der Waals surface area contributed by atoms with Crippen molar-refractivity contribution >= 4 is 13.8 Å². The van der Waals surface area contributed by atoms with Gasteiger partial charge in [0.2, 0.25) is 0 Å². The zero-order valence-electron chi connectivity index (χ0n) is 38.9. The highest BCUT2D eigenvalue weighted by Crippen LogP contribution is 2.43. The molecular weight excluding hydrogens is 770 g/mol. The molecule has 0 aliphatic rings. The first-order chi connectivity index (χ1) is 29.4. The molecule has 0 spiro atoms. The molecule has 8 nitrogen and oxygen atoms in total. The van der Waals surface area contributed by atoms with E-state index < -0.39 is 13.9 Å². The summed E-state index contributed by atoms with van der Waals surface area (Å²) in [5.41, 5.74) is 5.38. The van der Waals surface area contributed by atoms with Crippen molar-refractivity contribution in [2.75, 3.05) is 33.0 Å². The van der Waals surface area contributed by atoms with Crippen LogP contribution >= 0.6 is 7.82 Å². The van der Waals surface area contributed by atoms with E-state index in [-0.39, 0.29) is 32.3 Å². The van der Waals surface area contributed by atoms with Crippen LogP contribution < -0.4 is 5.73 Å². The summed E-state index contributed by atoms with van der Waals surface area (Å²) in [6.45, 7) is 4.81. The summed E-state index contributed by atoms with van der Waals surface area (Å²) in [6, 6.07) is 0. The van der Waals surface area contributed by atoms with Gasteiger partial charge in [-0.2, -0.15) is 0 Å². The van der Waals surface area contributed by atoms with Crippen molar-refractivity contribution < 1.29 is 32.8 Å². The van der Waals surface area contributed by atoms with Gasteiger partial charge < -0.3 is 20.1 Å². The van der Waals surface area contributed by atoms with Gasteiger partial charge in [0.1, 0.15) is 6.10 Å². The predicted molar refractivity (Wildman–Crippen MR) is 256 cm³/mol. The van der Waals surface area contributed by atoms with E-state index in [1.54, 1.807) is 0 Å². The highest BCUT2D eigenvalue weighted by molar-refractivity contribution is 7.47. The molecule has 0 aromatic carbocycles. The van der Waals surface area contributed by atoms with Crippen LogP contribution in [0.25, 0.3) is 0 Å². The van der Waals surface area contributed by atoms with Crippen LogP contribution in [0.2, 0.25) is 0 Å². The van der Waals surface area contributed by atoms with Gasteiger partial charge in [-0.25, -0.2) is 4.57 Å². The Morgan fingerprint density at radius 1 is 0.517 bits per heavy atom. The van der Waals surface area contributed by atoms with Crippen LogP contribution in [0.5, 0.6) is 0 Å². The average molecular weight is 864 g/mol. The van der Waals surface area contributed by atoms with Crippen molar-refractivity contribution in [2.24, 2.45) is 5.73 Å². The standard InChI is InChI=1S/C51H94NO7P/c1-3-5-7-9-11-13-15-17-19-21-22-23-24-25-26-27-28-29-30-32-34-36-38-40-42-44-51(53)59-50(49-58-60(54,55)57-47-45-52)48-56-46-43-41-39-37-35-33-31-20-18-16-14-12-10-8-6-4-2/h5,7,11,13,17-20,22-23,50H,3-4,6,8-10,12,14-16,21,24-49,52H2,1-2H3,(H,54,55)/b7-5-,13-11-,19-17-,20-18-,23-22-. The zero-order valence-corrected chi connectivity index (χ0v) is 39.8. The van der Waals surface area contributed by atoms with E-state index in [0.29, 0.717) is 13.0 Å². The summed E-state index contributed by atoms with van der Waals surface area (Å²) >= 11 is 0. The Balaban J connectivity index is 3.94. The highest BCUT2D eigenvalue weighted by Gasteiger charge is 2.25. The second-order valence-corrected chi connectivity index (χ2v) is 17.7. The lowest BCUT2D eigenvalue weighted by atomic mass is 10.0. The number of phosphoric acid groups is 1. The molecule has 0 aliphatic carbocycles. The summed E-state index contributed by atoms with van der Waals surface area (Å²) in [4.78, 5) is 22.6. The molecule has 2 atom stereocenters. The van der Waals surface area contributed by atoms with Gasteiger partial charge in [0, 0.05) is 19.6 Å². The van der Waals surface area contributed by atoms with Crippen LogP contribution in [0.1, 0.15) is 219 Å². The lowest BCUT2D eigenvalue weighted by Gasteiger charge is -2.20. The van der Waals surface area contributed by atoms with E-state index in [1.165, 1.54) is 141 Å². The average Bonchev–Trinajstić information content (AvgIpc) is 3.24. The topological polar surface area (TPSA) is 117 Å². The Labute approximate surface area is 370 Å². The minimum Gasteiger partial charge on any atom is -0.457 e. The van der Waals surface area contributed by atoms with Crippen LogP contribution in [0.4, 0.5) is 0 Å². The Morgan fingerprint density at radius 2 is 0.933 bits per heavy atom. The first-order valence-corrected chi connectivity index (χ1v) is 26.3. The number of rotatable bonds is 47. The monoisotopic (exact) mass is 864 g/mol.